The van der Waals surface area contributed by atoms with Crippen molar-refractivity contribution in [2.75, 3.05) is 13.0 Å². The number of methoxy groups -OCH3 is 1. The maximum absolute atomic E-state index is 5.75. The van der Waals surface area contributed by atoms with E-state index in [9.17, 15) is 0 Å². The van der Waals surface area contributed by atoms with Crippen molar-refractivity contribution in [3.63, 3.8) is 0 Å². The van der Waals surface area contributed by atoms with Gasteiger partial charge in [-0.15, -0.1) is 11.6 Å². The summed E-state index contributed by atoms with van der Waals surface area (Å²) in [6.45, 7) is 4.00. The molecule has 0 aromatic carbocycles. The van der Waals surface area contributed by atoms with Gasteiger partial charge in [0.25, 0.3) is 0 Å². The summed E-state index contributed by atoms with van der Waals surface area (Å²) in [5, 5.41) is 3.23. The third-order valence-corrected chi connectivity index (χ3v) is 2.95. The van der Waals surface area contributed by atoms with Crippen LogP contribution in [0.25, 0.3) is 0 Å². The van der Waals surface area contributed by atoms with Crippen LogP contribution >= 0.6 is 11.6 Å². The molecule has 0 saturated carbocycles. The monoisotopic (exact) mass is 256 g/mol. The molecule has 0 fully saturated rings. The number of hydrogen-bond acceptors (Lipinski definition) is 3. The van der Waals surface area contributed by atoms with Crippen LogP contribution in [0.15, 0.2) is 28.6 Å². The summed E-state index contributed by atoms with van der Waals surface area (Å²) in [4.78, 5) is 4.52. The summed E-state index contributed by atoms with van der Waals surface area (Å²) in [5.41, 5.74) is 1.14. The van der Waals surface area contributed by atoms with E-state index in [1.165, 1.54) is 0 Å². The Hall–Kier alpha value is -0.960. The molecule has 3 nitrogen and oxygen atoms in total. The zero-order valence-corrected chi connectivity index (χ0v) is 11.5. The summed E-state index contributed by atoms with van der Waals surface area (Å²) < 4.78 is 5.25. The van der Waals surface area contributed by atoms with Crippen molar-refractivity contribution in [2.45, 2.75) is 39.2 Å². The second-order valence-electron chi connectivity index (χ2n) is 3.70. The van der Waals surface area contributed by atoms with E-state index >= 15 is 0 Å². The molecule has 0 amide bonds. The minimum absolute atomic E-state index is 0.272. The lowest BCUT2D eigenvalue weighted by molar-refractivity contribution is 0.273. The van der Waals surface area contributed by atoms with Crippen molar-refractivity contribution in [2.24, 2.45) is 4.99 Å². The Kier molecular flexibility index (Phi) is 6.12. The topological polar surface area (TPSA) is 33.6 Å². The predicted molar refractivity (Wildman–Crippen MR) is 73.5 cm³/mol. The van der Waals surface area contributed by atoms with Crippen LogP contribution in [-0.2, 0) is 4.74 Å². The zero-order valence-electron chi connectivity index (χ0n) is 10.8. The van der Waals surface area contributed by atoms with E-state index in [2.05, 4.69) is 10.3 Å². The molecule has 1 aliphatic heterocycles. The van der Waals surface area contributed by atoms with Gasteiger partial charge in [-0.25, -0.2) is 0 Å². The van der Waals surface area contributed by atoms with Gasteiger partial charge < -0.3 is 10.1 Å². The molecule has 0 aromatic heterocycles. The molecule has 1 aliphatic carbocycles. The molecule has 1 N–H and O–H groups in total. The third kappa shape index (κ3) is 3.77. The average Bonchev–Trinajstić information content (AvgIpc) is 2.74. The number of nitrogens with zero attached hydrogens (tertiary/aromatic N) is 1. The number of fused-ring (bicyclic) bond motifs is 1. The second-order valence-corrected chi connectivity index (χ2v) is 3.97. The van der Waals surface area contributed by atoms with E-state index in [1.54, 1.807) is 7.11 Å². The van der Waals surface area contributed by atoms with Gasteiger partial charge in [-0.3, -0.25) is 4.99 Å². The quantitative estimate of drug-likeness (QED) is 0.770. The molecule has 0 aromatic rings. The van der Waals surface area contributed by atoms with Crippen LogP contribution in [0.1, 0.15) is 33.1 Å². The number of rotatable bonds is 2. The number of allylic oxidation sites excluding steroid dienone is 3. The largest absolute Gasteiger partial charge is 0.501 e. The third-order valence-electron chi connectivity index (χ3n) is 2.70. The average molecular weight is 257 g/mol. The standard InChI is InChI=1S/C11H15ClN2O.C2H6/c1-15-8-3-2-4-9-10(6-5-8)14-11(7-12)13-9;1-2/h5-6,9H,2-4,7H2,1H3,(H,13,14);1-2H3/b8-5+,10-6+;. The van der Waals surface area contributed by atoms with Crippen LogP contribution in [0.5, 0.6) is 0 Å². The summed E-state index contributed by atoms with van der Waals surface area (Å²) in [7, 11) is 1.71. The number of nitrogens with one attached hydrogen (secondary N) is 1. The Morgan fingerprint density at radius 3 is 2.88 bits per heavy atom. The lowest BCUT2D eigenvalue weighted by Crippen LogP contribution is -2.20. The van der Waals surface area contributed by atoms with Gasteiger partial charge in [0.05, 0.1) is 24.8 Å². The minimum Gasteiger partial charge on any atom is -0.501 e. The number of aliphatic imine (C=N–C) groups is 1. The molecule has 2 rings (SSSR count). The Labute approximate surface area is 109 Å². The van der Waals surface area contributed by atoms with E-state index in [4.69, 9.17) is 16.3 Å². The van der Waals surface area contributed by atoms with Gasteiger partial charge in [0.1, 0.15) is 5.84 Å². The Bertz CT molecular complexity index is 334. The number of amidine groups is 1. The van der Waals surface area contributed by atoms with Gasteiger partial charge in [0.15, 0.2) is 0 Å². The Morgan fingerprint density at radius 1 is 1.47 bits per heavy atom. The Balaban J connectivity index is 0.000000686. The van der Waals surface area contributed by atoms with Crippen LogP contribution in [-0.4, -0.2) is 24.9 Å². The highest BCUT2D eigenvalue weighted by Crippen LogP contribution is 2.22. The van der Waals surface area contributed by atoms with E-state index in [1.807, 2.05) is 26.0 Å². The molecule has 0 radical (unpaired) electrons. The van der Waals surface area contributed by atoms with Gasteiger partial charge in [0.2, 0.25) is 0 Å². The van der Waals surface area contributed by atoms with Crippen molar-refractivity contribution < 1.29 is 4.74 Å². The minimum atomic E-state index is 0.272. The van der Waals surface area contributed by atoms with E-state index in [0.717, 1.165) is 36.6 Å². The van der Waals surface area contributed by atoms with Crippen molar-refractivity contribution >= 4 is 17.4 Å². The molecule has 1 atom stereocenters. The summed E-state index contributed by atoms with van der Waals surface area (Å²) in [5.74, 6) is 2.36. The smallest absolute Gasteiger partial charge is 0.116 e. The maximum atomic E-state index is 5.75. The van der Waals surface area contributed by atoms with Crippen LogP contribution in [0.2, 0.25) is 0 Å². The first-order valence-electron chi connectivity index (χ1n) is 6.18. The lowest BCUT2D eigenvalue weighted by atomic mass is 10.0. The molecule has 0 bridgehead atoms. The number of ether oxygens (including phenoxy) is 1. The zero-order chi connectivity index (χ0) is 12.7. The number of alkyl halides is 1. The lowest BCUT2D eigenvalue weighted by Gasteiger charge is -2.13. The van der Waals surface area contributed by atoms with E-state index < -0.39 is 0 Å². The maximum Gasteiger partial charge on any atom is 0.116 e. The fraction of sp³-hybridized carbons (Fsp3) is 0.615. The van der Waals surface area contributed by atoms with Gasteiger partial charge in [-0.2, -0.15) is 0 Å². The molecular formula is C13H21ClN2O. The van der Waals surface area contributed by atoms with E-state index in [-0.39, 0.29) is 6.04 Å². The summed E-state index contributed by atoms with van der Waals surface area (Å²) in [6, 6.07) is 0.272. The van der Waals surface area contributed by atoms with Crippen LogP contribution in [0, 0.1) is 0 Å². The van der Waals surface area contributed by atoms with Gasteiger partial charge >= 0.3 is 0 Å². The number of hydrogen-bond donors (Lipinski definition) is 1. The molecule has 1 heterocycles. The SMILES string of the molecule is CC.CO/C1=C/C=C2/NC(CCl)=NC2CCC1. The van der Waals surface area contributed by atoms with Crippen molar-refractivity contribution in [1.82, 2.24) is 5.32 Å². The predicted octanol–water partition coefficient (Wildman–Crippen LogP) is 3.22. The normalized spacial score (nSPS) is 28.7. The molecule has 0 spiro atoms. The van der Waals surface area contributed by atoms with Gasteiger partial charge in [-0.1, -0.05) is 13.8 Å². The van der Waals surface area contributed by atoms with Crippen LogP contribution in [0.4, 0.5) is 0 Å². The van der Waals surface area contributed by atoms with E-state index in [0.29, 0.717) is 5.88 Å². The molecule has 1 unspecified atom stereocenters. The van der Waals surface area contributed by atoms with Gasteiger partial charge in [-0.05, 0) is 25.0 Å². The molecule has 2 aliphatic rings. The fourth-order valence-corrected chi connectivity index (χ4v) is 2.02. The molecule has 0 saturated heterocycles. The van der Waals surface area contributed by atoms with Crippen LogP contribution in [0.3, 0.4) is 0 Å². The highest BCUT2D eigenvalue weighted by molar-refractivity contribution is 6.28. The Morgan fingerprint density at radius 2 is 2.24 bits per heavy atom. The highest BCUT2D eigenvalue weighted by atomic mass is 35.5. The first-order chi connectivity index (χ1) is 8.33. The summed E-state index contributed by atoms with van der Waals surface area (Å²) >= 11 is 5.75. The van der Waals surface area contributed by atoms with Gasteiger partial charge in [0, 0.05) is 12.1 Å². The number of halogens is 1. The first kappa shape index (κ1) is 14.1. The highest BCUT2D eigenvalue weighted by Gasteiger charge is 2.22. The van der Waals surface area contributed by atoms with Crippen molar-refractivity contribution in [3.05, 3.63) is 23.6 Å². The summed E-state index contributed by atoms with van der Waals surface area (Å²) in [6.07, 6.45) is 7.21. The molecule has 17 heavy (non-hydrogen) atoms. The molecular weight excluding hydrogens is 236 g/mol. The van der Waals surface area contributed by atoms with Crippen molar-refractivity contribution in [3.8, 4) is 0 Å². The first-order valence-corrected chi connectivity index (χ1v) is 6.71. The van der Waals surface area contributed by atoms with Crippen molar-refractivity contribution in [1.29, 1.82) is 0 Å². The van der Waals surface area contributed by atoms with Crippen LogP contribution < -0.4 is 5.32 Å². The molecule has 96 valence electrons. The fourth-order valence-electron chi connectivity index (χ4n) is 1.89. The molecule has 4 heteroatoms. The second kappa shape index (κ2) is 7.38.